The van der Waals surface area contributed by atoms with Crippen LogP contribution in [0.25, 0.3) is 0 Å². The zero-order valence-corrected chi connectivity index (χ0v) is 20.9. The van der Waals surface area contributed by atoms with Gasteiger partial charge in [0.05, 0.1) is 26.7 Å². The highest BCUT2D eigenvalue weighted by Crippen LogP contribution is 2.51. The predicted molar refractivity (Wildman–Crippen MR) is 137 cm³/mol. The van der Waals surface area contributed by atoms with Gasteiger partial charge in [0, 0.05) is 21.7 Å². The Balaban J connectivity index is 1.51. The van der Waals surface area contributed by atoms with E-state index >= 15 is 0 Å². The van der Waals surface area contributed by atoms with E-state index in [1.54, 1.807) is 42.5 Å². The summed E-state index contributed by atoms with van der Waals surface area (Å²) < 4.78 is 28.8. The fourth-order valence-corrected chi connectivity index (χ4v) is 6.62. The molecule has 0 unspecified atom stereocenters. The van der Waals surface area contributed by atoms with Crippen LogP contribution in [0.3, 0.4) is 0 Å². The van der Waals surface area contributed by atoms with Crippen LogP contribution < -0.4 is 10.0 Å². The van der Waals surface area contributed by atoms with Gasteiger partial charge < -0.3 is 5.32 Å². The summed E-state index contributed by atoms with van der Waals surface area (Å²) in [6, 6.07) is 15.4. The Bertz CT molecular complexity index is 1390. The van der Waals surface area contributed by atoms with E-state index in [1.807, 2.05) is 12.1 Å². The SMILES string of the molecule is O=S(=O)(Nc1cccc(Cl)c1Cl)c1ccc2c(c1)[C@H]1C=CC[C@H]1[C@@H](c1ccc(Cl)cc1Cl)N2. The molecule has 3 atom stereocenters. The fraction of sp³-hybridized carbons (Fsp3) is 0.167. The number of hydrogen-bond donors (Lipinski definition) is 2. The molecule has 0 saturated carbocycles. The molecule has 33 heavy (non-hydrogen) atoms. The molecule has 2 aliphatic rings. The first-order valence-corrected chi connectivity index (χ1v) is 13.2. The highest BCUT2D eigenvalue weighted by molar-refractivity contribution is 7.92. The topological polar surface area (TPSA) is 58.2 Å². The van der Waals surface area contributed by atoms with Gasteiger partial charge in [-0.05, 0) is 65.9 Å². The van der Waals surface area contributed by atoms with Crippen LogP contribution in [0.4, 0.5) is 11.4 Å². The largest absolute Gasteiger partial charge is 0.378 e. The lowest BCUT2D eigenvalue weighted by atomic mass is 9.77. The van der Waals surface area contributed by atoms with Gasteiger partial charge in [0.1, 0.15) is 0 Å². The Morgan fingerprint density at radius 2 is 1.73 bits per heavy atom. The Kier molecular flexibility index (Phi) is 6.04. The quantitative estimate of drug-likeness (QED) is 0.331. The van der Waals surface area contributed by atoms with E-state index in [-0.39, 0.29) is 38.5 Å². The summed E-state index contributed by atoms with van der Waals surface area (Å²) >= 11 is 24.8. The standard InChI is InChI=1S/C24H18Cl4N2O2S/c25-13-7-9-17(20(27)11-13)24-16-4-1-3-15(16)18-12-14(8-10-21(18)29-24)33(31,32)30-22-6-2-5-19(26)23(22)28/h1-3,5-12,15-16,24,29-30H,4H2/t15-,16+,24-/m0/s1. The van der Waals surface area contributed by atoms with Gasteiger partial charge in [-0.25, -0.2) is 8.42 Å². The van der Waals surface area contributed by atoms with Crippen LogP contribution >= 0.6 is 46.4 Å². The third-order valence-electron chi connectivity index (χ3n) is 6.14. The van der Waals surface area contributed by atoms with E-state index in [1.165, 1.54) is 0 Å². The molecule has 0 bridgehead atoms. The van der Waals surface area contributed by atoms with Crippen molar-refractivity contribution in [1.29, 1.82) is 0 Å². The van der Waals surface area contributed by atoms with Crippen molar-refractivity contribution < 1.29 is 8.42 Å². The molecule has 0 fully saturated rings. The van der Waals surface area contributed by atoms with Crippen molar-refractivity contribution in [2.45, 2.75) is 23.3 Å². The lowest BCUT2D eigenvalue weighted by Crippen LogP contribution is -2.29. The number of anilines is 2. The maximum absolute atomic E-state index is 13.1. The first kappa shape index (κ1) is 22.9. The fourth-order valence-electron chi connectivity index (χ4n) is 4.59. The summed E-state index contributed by atoms with van der Waals surface area (Å²) in [5, 5.41) is 5.19. The molecule has 0 spiro atoms. The molecule has 170 valence electrons. The van der Waals surface area contributed by atoms with Crippen molar-refractivity contribution in [3.05, 3.63) is 98.0 Å². The lowest BCUT2D eigenvalue weighted by molar-refractivity contribution is 0.425. The average molecular weight is 540 g/mol. The molecule has 9 heteroatoms. The highest BCUT2D eigenvalue weighted by Gasteiger charge is 2.39. The zero-order valence-electron chi connectivity index (χ0n) is 17.0. The molecule has 5 rings (SSSR count). The Labute approximate surface area is 212 Å². The number of benzene rings is 3. The summed E-state index contributed by atoms with van der Waals surface area (Å²) in [6.45, 7) is 0. The van der Waals surface area contributed by atoms with Crippen molar-refractivity contribution in [2.24, 2.45) is 5.92 Å². The molecule has 1 aliphatic carbocycles. The van der Waals surface area contributed by atoms with Gasteiger partial charge >= 0.3 is 0 Å². The number of hydrogen-bond acceptors (Lipinski definition) is 3. The predicted octanol–water partition coefficient (Wildman–Crippen LogP) is 7.93. The van der Waals surface area contributed by atoms with Crippen LogP contribution in [0.1, 0.15) is 29.5 Å². The maximum Gasteiger partial charge on any atom is 0.261 e. The van der Waals surface area contributed by atoms with Crippen LogP contribution in [-0.2, 0) is 10.0 Å². The highest BCUT2D eigenvalue weighted by atomic mass is 35.5. The van der Waals surface area contributed by atoms with E-state index in [0.717, 1.165) is 23.2 Å². The minimum Gasteiger partial charge on any atom is -0.378 e. The zero-order chi connectivity index (χ0) is 23.3. The van der Waals surface area contributed by atoms with Gasteiger partial charge in [-0.1, -0.05) is 70.7 Å². The van der Waals surface area contributed by atoms with Crippen molar-refractivity contribution in [2.75, 3.05) is 10.0 Å². The van der Waals surface area contributed by atoms with Crippen LogP contribution in [-0.4, -0.2) is 8.42 Å². The van der Waals surface area contributed by atoms with Crippen LogP contribution in [0.15, 0.2) is 71.6 Å². The summed E-state index contributed by atoms with van der Waals surface area (Å²) in [5.74, 6) is 0.257. The maximum atomic E-state index is 13.1. The van der Waals surface area contributed by atoms with Crippen molar-refractivity contribution in [3.63, 3.8) is 0 Å². The number of fused-ring (bicyclic) bond motifs is 3. The van der Waals surface area contributed by atoms with Crippen LogP contribution in [0.2, 0.25) is 20.1 Å². The van der Waals surface area contributed by atoms with Crippen molar-refractivity contribution in [1.82, 2.24) is 0 Å². The third-order valence-corrected chi connectivity index (χ3v) is 8.88. The minimum atomic E-state index is -3.87. The molecule has 0 aromatic heterocycles. The lowest BCUT2D eigenvalue weighted by Gasteiger charge is -2.38. The molecular formula is C24H18Cl4N2O2S. The molecule has 3 aromatic rings. The molecule has 1 aliphatic heterocycles. The van der Waals surface area contributed by atoms with Gasteiger partial charge in [-0.3, -0.25) is 4.72 Å². The van der Waals surface area contributed by atoms with Crippen LogP contribution in [0.5, 0.6) is 0 Å². The second-order valence-electron chi connectivity index (χ2n) is 8.10. The third kappa shape index (κ3) is 4.22. The van der Waals surface area contributed by atoms with Gasteiger partial charge in [0.2, 0.25) is 0 Å². The normalized spacial score (nSPS) is 21.3. The number of rotatable bonds is 4. The van der Waals surface area contributed by atoms with E-state index in [2.05, 4.69) is 22.2 Å². The number of sulfonamides is 1. The van der Waals surface area contributed by atoms with Crippen molar-refractivity contribution in [3.8, 4) is 0 Å². The summed E-state index contributed by atoms with van der Waals surface area (Å²) in [4.78, 5) is 0.154. The number of allylic oxidation sites excluding steroid dienone is 2. The molecular weight excluding hydrogens is 522 g/mol. The van der Waals surface area contributed by atoms with Crippen molar-refractivity contribution >= 4 is 67.8 Å². The van der Waals surface area contributed by atoms with Gasteiger partial charge in [0.25, 0.3) is 10.0 Å². The minimum absolute atomic E-state index is 0.0203. The van der Waals surface area contributed by atoms with Crippen LogP contribution in [0, 0.1) is 5.92 Å². The number of halogens is 4. The van der Waals surface area contributed by atoms with Gasteiger partial charge in [-0.15, -0.1) is 0 Å². The van der Waals surface area contributed by atoms with Gasteiger partial charge in [0.15, 0.2) is 0 Å². The first-order valence-electron chi connectivity index (χ1n) is 10.2. The average Bonchev–Trinajstić information content (AvgIpc) is 3.26. The summed E-state index contributed by atoms with van der Waals surface area (Å²) in [5.41, 5.74) is 3.00. The number of nitrogens with one attached hydrogen (secondary N) is 2. The first-order chi connectivity index (χ1) is 15.7. The Morgan fingerprint density at radius 3 is 2.52 bits per heavy atom. The van der Waals surface area contributed by atoms with E-state index in [4.69, 9.17) is 46.4 Å². The molecule has 4 nitrogen and oxygen atoms in total. The molecule has 1 heterocycles. The molecule has 0 radical (unpaired) electrons. The molecule has 0 amide bonds. The second-order valence-corrected chi connectivity index (χ2v) is 11.4. The summed E-state index contributed by atoms with van der Waals surface area (Å²) in [7, 11) is -3.87. The monoisotopic (exact) mass is 538 g/mol. The molecule has 3 aromatic carbocycles. The molecule has 2 N–H and O–H groups in total. The van der Waals surface area contributed by atoms with Gasteiger partial charge in [-0.2, -0.15) is 0 Å². The van der Waals surface area contributed by atoms with E-state index in [9.17, 15) is 8.42 Å². The molecule has 0 saturated heterocycles. The van der Waals surface area contributed by atoms with E-state index < -0.39 is 10.0 Å². The Hall–Kier alpha value is -1.89. The smallest absolute Gasteiger partial charge is 0.261 e. The summed E-state index contributed by atoms with van der Waals surface area (Å²) in [6.07, 6.45) is 5.13. The Morgan fingerprint density at radius 1 is 0.909 bits per heavy atom. The van der Waals surface area contributed by atoms with E-state index in [0.29, 0.717) is 10.0 Å². The second kappa shape index (κ2) is 8.71.